The van der Waals surface area contributed by atoms with Gasteiger partial charge in [-0.05, 0) is 48.7 Å². The van der Waals surface area contributed by atoms with Crippen molar-refractivity contribution in [1.29, 1.82) is 0 Å². The highest BCUT2D eigenvalue weighted by atomic mass is 16.5. The molecule has 2 aromatic rings. The Balaban J connectivity index is 1.61. The summed E-state index contributed by atoms with van der Waals surface area (Å²) in [6.45, 7) is 1.17. The average Bonchev–Trinajstić information content (AvgIpc) is 3.07. The molecule has 5 nitrogen and oxygen atoms in total. The third kappa shape index (κ3) is 5.04. The standard InChI is InChI=1S/C24H29NO4/c1-25-14-8-7-9-17(24(27)28-2)15-23(26)29-16-22-20-12-5-3-10-18(20)19-11-4-6-13-21(19)22/h3-6,10-13,17,22,25H,7-9,14-16H2,1-2H3/t17-/m1/s1. The lowest BCUT2D eigenvalue weighted by atomic mass is 9.97. The van der Waals surface area contributed by atoms with E-state index in [4.69, 9.17) is 9.47 Å². The van der Waals surface area contributed by atoms with Crippen molar-refractivity contribution in [2.45, 2.75) is 31.6 Å². The molecule has 5 heteroatoms. The van der Waals surface area contributed by atoms with E-state index in [1.165, 1.54) is 29.4 Å². The minimum atomic E-state index is -0.451. The lowest BCUT2D eigenvalue weighted by molar-refractivity contribution is -0.153. The highest BCUT2D eigenvalue weighted by molar-refractivity contribution is 5.81. The van der Waals surface area contributed by atoms with Crippen LogP contribution in [0.2, 0.25) is 0 Å². The molecule has 1 N–H and O–H groups in total. The topological polar surface area (TPSA) is 64.6 Å². The van der Waals surface area contributed by atoms with Gasteiger partial charge in [0.15, 0.2) is 0 Å². The Kier molecular flexibility index (Phi) is 7.42. The van der Waals surface area contributed by atoms with Gasteiger partial charge in [0.05, 0.1) is 19.4 Å². The van der Waals surface area contributed by atoms with Gasteiger partial charge < -0.3 is 14.8 Å². The summed E-state index contributed by atoms with van der Waals surface area (Å²) in [7, 11) is 3.26. The third-order valence-electron chi connectivity index (χ3n) is 5.55. The summed E-state index contributed by atoms with van der Waals surface area (Å²) in [5.41, 5.74) is 4.75. The number of carbonyl (C=O) groups is 2. The van der Waals surface area contributed by atoms with Crippen LogP contribution in [0.1, 0.15) is 42.7 Å². The first-order valence-corrected chi connectivity index (χ1v) is 10.2. The lowest BCUT2D eigenvalue weighted by Crippen LogP contribution is -2.22. The van der Waals surface area contributed by atoms with E-state index in [0.29, 0.717) is 6.42 Å². The Labute approximate surface area is 172 Å². The molecule has 0 radical (unpaired) electrons. The second kappa shape index (κ2) is 10.2. The van der Waals surface area contributed by atoms with E-state index < -0.39 is 5.92 Å². The molecule has 3 rings (SSSR count). The number of carbonyl (C=O) groups excluding carboxylic acids is 2. The number of esters is 2. The zero-order valence-electron chi connectivity index (χ0n) is 17.1. The number of methoxy groups -OCH3 is 1. The van der Waals surface area contributed by atoms with Crippen molar-refractivity contribution in [3.05, 3.63) is 59.7 Å². The summed E-state index contributed by atoms with van der Waals surface area (Å²) >= 11 is 0. The number of hydrogen-bond donors (Lipinski definition) is 1. The van der Waals surface area contributed by atoms with Crippen LogP contribution in [0.15, 0.2) is 48.5 Å². The van der Waals surface area contributed by atoms with Gasteiger partial charge >= 0.3 is 11.9 Å². The van der Waals surface area contributed by atoms with Crippen LogP contribution in [-0.4, -0.2) is 39.2 Å². The summed E-state index contributed by atoms with van der Waals surface area (Å²) in [5, 5.41) is 3.09. The van der Waals surface area contributed by atoms with E-state index in [9.17, 15) is 9.59 Å². The maximum absolute atomic E-state index is 12.5. The van der Waals surface area contributed by atoms with Crippen molar-refractivity contribution in [2.75, 3.05) is 27.3 Å². The van der Waals surface area contributed by atoms with Crippen LogP contribution in [-0.2, 0) is 19.1 Å². The van der Waals surface area contributed by atoms with Gasteiger partial charge in [-0.1, -0.05) is 55.0 Å². The van der Waals surface area contributed by atoms with Crippen LogP contribution >= 0.6 is 0 Å². The van der Waals surface area contributed by atoms with Gasteiger partial charge in [0.2, 0.25) is 0 Å². The predicted molar refractivity (Wildman–Crippen MR) is 113 cm³/mol. The molecule has 2 aromatic carbocycles. The zero-order chi connectivity index (χ0) is 20.6. The van der Waals surface area contributed by atoms with Crippen LogP contribution in [0.5, 0.6) is 0 Å². The van der Waals surface area contributed by atoms with Crippen LogP contribution < -0.4 is 5.32 Å². The molecule has 29 heavy (non-hydrogen) atoms. The van der Waals surface area contributed by atoms with Crippen molar-refractivity contribution >= 4 is 11.9 Å². The summed E-state index contributed by atoms with van der Waals surface area (Å²) in [6.07, 6.45) is 2.49. The number of ether oxygens (including phenoxy) is 2. The molecule has 0 aliphatic heterocycles. The Hall–Kier alpha value is -2.66. The SMILES string of the molecule is CNCCCC[C@H](CC(=O)OCC1c2ccccc2-c2ccccc21)C(=O)OC. The molecule has 0 heterocycles. The van der Waals surface area contributed by atoms with E-state index in [1.807, 2.05) is 31.3 Å². The number of hydrogen-bond acceptors (Lipinski definition) is 5. The first-order valence-electron chi connectivity index (χ1n) is 10.2. The fraction of sp³-hybridized carbons (Fsp3) is 0.417. The van der Waals surface area contributed by atoms with Gasteiger partial charge in [-0.3, -0.25) is 9.59 Å². The normalized spacial score (nSPS) is 13.4. The number of nitrogens with one attached hydrogen (secondary N) is 1. The molecule has 1 aliphatic rings. The van der Waals surface area contributed by atoms with Crippen LogP contribution in [0, 0.1) is 5.92 Å². The number of unbranched alkanes of at least 4 members (excludes halogenated alkanes) is 1. The van der Waals surface area contributed by atoms with E-state index in [2.05, 4.69) is 29.6 Å². The van der Waals surface area contributed by atoms with Crippen molar-refractivity contribution in [2.24, 2.45) is 5.92 Å². The second-order valence-corrected chi connectivity index (χ2v) is 7.43. The van der Waals surface area contributed by atoms with Gasteiger partial charge in [-0.25, -0.2) is 0 Å². The molecule has 0 saturated carbocycles. The lowest BCUT2D eigenvalue weighted by Gasteiger charge is -2.17. The Morgan fingerprint density at radius 2 is 1.62 bits per heavy atom. The maximum atomic E-state index is 12.5. The summed E-state index contributed by atoms with van der Waals surface area (Å²) < 4.78 is 10.5. The zero-order valence-corrected chi connectivity index (χ0v) is 17.1. The van der Waals surface area contributed by atoms with E-state index in [1.54, 1.807) is 0 Å². The van der Waals surface area contributed by atoms with Gasteiger partial charge in [0, 0.05) is 5.92 Å². The molecule has 0 fully saturated rings. The predicted octanol–water partition coefficient (Wildman–Crippen LogP) is 3.91. The molecular weight excluding hydrogens is 366 g/mol. The summed E-state index contributed by atoms with van der Waals surface area (Å²) in [4.78, 5) is 24.6. The van der Waals surface area contributed by atoms with E-state index in [-0.39, 0.29) is 30.9 Å². The molecule has 0 unspecified atom stereocenters. The minimum absolute atomic E-state index is 0.0264. The van der Waals surface area contributed by atoms with Gasteiger partial charge in [-0.2, -0.15) is 0 Å². The molecule has 0 amide bonds. The third-order valence-corrected chi connectivity index (χ3v) is 5.55. The Morgan fingerprint density at radius 3 is 2.21 bits per heavy atom. The fourth-order valence-electron chi connectivity index (χ4n) is 4.04. The molecule has 154 valence electrons. The fourth-order valence-corrected chi connectivity index (χ4v) is 4.04. The largest absolute Gasteiger partial charge is 0.469 e. The van der Waals surface area contributed by atoms with Crippen molar-refractivity contribution < 1.29 is 19.1 Å². The number of benzene rings is 2. The molecule has 1 aliphatic carbocycles. The average molecular weight is 395 g/mol. The van der Waals surface area contributed by atoms with Gasteiger partial charge in [-0.15, -0.1) is 0 Å². The number of fused-ring (bicyclic) bond motifs is 3. The molecule has 0 bridgehead atoms. The maximum Gasteiger partial charge on any atom is 0.309 e. The second-order valence-electron chi connectivity index (χ2n) is 7.43. The highest BCUT2D eigenvalue weighted by Gasteiger charge is 2.30. The quantitative estimate of drug-likeness (QED) is 0.488. The smallest absolute Gasteiger partial charge is 0.309 e. The van der Waals surface area contributed by atoms with Crippen LogP contribution in [0.25, 0.3) is 11.1 Å². The number of rotatable bonds is 10. The Bertz CT molecular complexity index is 803. The van der Waals surface area contributed by atoms with Crippen LogP contribution in [0.4, 0.5) is 0 Å². The minimum Gasteiger partial charge on any atom is -0.469 e. The van der Waals surface area contributed by atoms with Gasteiger partial charge in [0.1, 0.15) is 6.61 Å². The van der Waals surface area contributed by atoms with Crippen molar-refractivity contribution in [3.8, 4) is 11.1 Å². The summed E-state index contributed by atoms with van der Waals surface area (Å²) in [6, 6.07) is 16.5. The molecule has 0 saturated heterocycles. The first-order chi connectivity index (χ1) is 14.2. The molecule has 0 spiro atoms. The van der Waals surface area contributed by atoms with E-state index in [0.717, 1.165) is 19.4 Å². The summed E-state index contributed by atoms with van der Waals surface area (Å²) in [5.74, 6) is -1.12. The van der Waals surface area contributed by atoms with Crippen molar-refractivity contribution in [3.63, 3.8) is 0 Å². The monoisotopic (exact) mass is 395 g/mol. The molecule has 0 aromatic heterocycles. The molecular formula is C24H29NO4. The Morgan fingerprint density at radius 1 is 1.00 bits per heavy atom. The van der Waals surface area contributed by atoms with Crippen LogP contribution in [0.3, 0.4) is 0 Å². The highest BCUT2D eigenvalue weighted by Crippen LogP contribution is 2.44. The van der Waals surface area contributed by atoms with E-state index >= 15 is 0 Å². The first kappa shape index (κ1) is 21.1. The molecule has 1 atom stereocenters. The van der Waals surface area contributed by atoms with Gasteiger partial charge in [0.25, 0.3) is 0 Å². The van der Waals surface area contributed by atoms with Crippen molar-refractivity contribution in [1.82, 2.24) is 5.32 Å².